The van der Waals surface area contributed by atoms with E-state index < -0.39 is 12.5 Å². The number of nitrogens with zero attached hydrogens (tertiary/aromatic N) is 7. The van der Waals surface area contributed by atoms with Crippen molar-refractivity contribution < 1.29 is 18.3 Å². The number of pyridine rings is 1. The van der Waals surface area contributed by atoms with E-state index in [0.29, 0.717) is 48.2 Å². The summed E-state index contributed by atoms with van der Waals surface area (Å²) in [4.78, 5) is 8.80. The Morgan fingerprint density at radius 1 is 1.18 bits per heavy atom. The van der Waals surface area contributed by atoms with Gasteiger partial charge in [-0.25, -0.2) is 13.8 Å². The van der Waals surface area contributed by atoms with Crippen molar-refractivity contribution in [2.45, 2.75) is 37.4 Å². The normalized spacial score (nSPS) is 25.2. The molecule has 3 fully saturated rings. The lowest BCUT2D eigenvalue weighted by atomic mass is 10.1. The van der Waals surface area contributed by atoms with Gasteiger partial charge in [0.15, 0.2) is 17.2 Å². The molecule has 33 heavy (non-hydrogen) atoms. The highest BCUT2D eigenvalue weighted by atomic mass is 19.3. The Bertz CT molecular complexity index is 1190. The van der Waals surface area contributed by atoms with E-state index in [4.69, 9.17) is 14.5 Å². The lowest BCUT2D eigenvalue weighted by molar-refractivity contribution is 0.0208. The number of aromatic amines is 1. The van der Waals surface area contributed by atoms with Crippen molar-refractivity contribution in [1.82, 2.24) is 25.0 Å². The summed E-state index contributed by atoms with van der Waals surface area (Å²) in [5.74, 6) is 1.22. The van der Waals surface area contributed by atoms with Gasteiger partial charge in [0.2, 0.25) is 0 Å². The molecule has 6 heterocycles. The zero-order valence-corrected chi connectivity index (χ0v) is 17.7. The molecule has 172 valence electrons. The average molecular weight is 456 g/mol. The highest BCUT2D eigenvalue weighted by Crippen LogP contribution is 2.40. The number of hydrogen-bond donors (Lipinski definition) is 1. The summed E-state index contributed by atoms with van der Waals surface area (Å²) < 4.78 is 40.6. The minimum atomic E-state index is -2.61. The second-order valence-corrected chi connectivity index (χ2v) is 8.51. The fourth-order valence-corrected chi connectivity index (χ4v) is 5.19. The van der Waals surface area contributed by atoms with Gasteiger partial charge in [0, 0.05) is 18.7 Å². The molecule has 0 amide bonds. The van der Waals surface area contributed by atoms with E-state index in [9.17, 15) is 14.0 Å². The molecule has 0 saturated carbocycles. The Morgan fingerprint density at radius 2 is 2.00 bits per heavy atom. The van der Waals surface area contributed by atoms with Gasteiger partial charge in [-0.15, -0.1) is 0 Å². The van der Waals surface area contributed by atoms with E-state index in [-0.39, 0.29) is 30.9 Å². The van der Waals surface area contributed by atoms with Crippen LogP contribution in [0.1, 0.15) is 18.5 Å². The van der Waals surface area contributed by atoms with Crippen molar-refractivity contribution in [2.75, 3.05) is 42.8 Å². The van der Waals surface area contributed by atoms with Gasteiger partial charge in [0.05, 0.1) is 55.8 Å². The molecule has 6 rings (SSSR count). The Kier molecular flexibility index (Phi) is 4.88. The summed E-state index contributed by atoms with van der Waals surface area (Å²) in [5, 5.41) is 21.6. The molecule has 2 unspecified atom stereocenters. The third kappa shape index (κ3) is 3.22. The lowest BCUT2D eigenvalue weighted by Crippen LogP contribution is -2.50. The van der Waals surface area contributed by atoms with Crippen LogP contribution < -0.4 is 9.80 Å². The number of H-pyrrole nitrogens is 1. The van der Waals surface area contributed by atoms with E-state index in [1.54, 1.807) is 17.2 Å². The van der Waals surface area contributed by atoms with Gasteiger partial charge < -0.3 is 19.3 Å². The molecule has 3 saturated heterocycles. The van der Waals surface area contributed by atoms with Gasteiger partial charge in [-0.1, -0.05) is 0 Å². The van der Waals surface area contributed by atoms with E-state index in [0.717, 1.165) is 12.8 Å². The zero-order valence-electron chi connectivity index (χ0n) is 17.7. The van der Waals surface area contributed by atoms with Crippen molar-refractivity contribution in [3.05, 3.63) is 24.0 Å². The van der Waals surface area contributed by atoms with Gasteiger partial charge in [-0.05, 0) is 12.8 Å². The molecular weight excluding hydrogens is 434 g/mol. The summed E-state index contributed by atoms with van der Waals surface area (Å²) in [6, 6.07) is 4.90. The maximum Gasteiger partial charge on any atom is 0.260 e. The Morgan fingerprint density at radius 3 is 2.70 bits per heavy atom. The quantitative estimate of drug-likeness (QED) is 0.634. The minimum Gasteiger partial charge on any atom is -0.377 e. The van der Waals surface area contributed by atoms with Crippen LogP contribution in [0, 0.1) is 11.3 Å². The molecule has 3 aromatic rings. The van der Waals surface area contributed by atoms with Gasteiger partial charge in [-0.3, -0.25) is 5.10 Å². The van der Waals surface area contributed by atoms with Gasteiger partial charge >= 0.3 is 0 Å². The summed E-state index contributed by atoms with van der Waals surface area (Å²) in [6.07, 6.45) is 0.946. The number of morpholine rings is 2. The van der Waals surface area contributed by atoms with Crippen LogP contribution in [0.25, 0.3) is 16.9 Å². The van der Waals surface area contributed by atoms with E-state index in [1.165, 1.54) is 4.68 Å². The van der Waals surface area contributed by atoms with Crippen LogP contribution in [0.4, 0.5) is 20.3 Å². The largest absolute Gasteiger partial charge is 0.377 e. The van der Waals surface area contributed by atoms with Crippen molar-refractivity contribution in [3.63, 3.8) is 0 Å². The molecule has 0 radical (unpaired) electrons. The summed E-state index contributed by atoms with van der Waals surface area (Å²) in [7, 11) is 0. The Labute approximate surface area is 187 Å². The number of halogens is 2. The minimum absolute atomic E-state index is 0.0871. The Hall–Kier alpha value is -3.30. The van der Waals surface area contributed by atoms with Crippen molar-refractivity contribution in [1.29, 1.82) is 5.26 Å². The second-order valence-electron chi connectivity index (χ2n) is 8.51. The molecule has 10 nitrogen and oxygen atoms in total. The summed E-state index contributed by atoms with van der Waals surface area (Å²) in [6.45, 7) is 1.72. The molecule has 3 aliphatic heterocycles. The van der Waals surface area contributed by atoms with Crippen molar-refractivity contribution in [3.8, 4) is 11.9 Å². The SMILES string of the molecule is N#Cc1nn(-c2ccn[nH]2)c2nc(N3C4CCC3COC4)cc(N3CCOC[C@H]3C(F)F)c12. The Balaban J connectivity index is 1.60. The van der Waals surface area contributed by atoms with Crippen LogP contribution in [-0.4, -0.2) is 82.5 Å². The van der Waals surface area contributed by atoms with Crippen molar-refractivity contribution in [2.24, 2.45) is 0 Å². The van der Waals surface area contributed by atoms with E-state index in [2.05, 4.69) is 26.3 Å². The van der Waals surface area contributed by atoms with Gasteiger partial charge in [-0.2, -0.15) is 20.1 Å². The maximum absolute atomic E-state index is 14.0. The molecule has 1 N–H and O–H groups in total. The monoisotopic (exact) mass is 456 g/mol. The fourth-order valence-electron chi connectivity index (χ4n) is 5.19. The topological polar surface area (TPSA) is 108 Å². The number of nitriles is 1. The van der Waals surface area contributed by atoms with Crippen molar-refractivity contribution >= 4 is 22.5 Å². The predicted molar refractivity (Wildman–Crippen MR) is 114 cm³/mol. The molecule has 0 aliphatic carbocycles. The first-order valence-electron chi connectivity index (χ1n) is 11.0. The van der Waals surface area contributed by atoms with Crippen LogP contribution in [0.15, 0.2) is 18.3 Å². The van der Waals surface area contributed by atoms with Crippen LogP contribution >= 0.6 is 0 Å². The number of rotatable bonds is 4. The molecule has 3 aromatic heterocycles. The first kappa shape index (κ1) is 20.3. The third-order valence-corrected chi connectivity index (χ3v) is 6.69. The number of ether oxygens (including phenoxy) is 2. The standard InChI is InChI=1S/C21H22F2N8O2/c22-20(23)16-11-32-6-5-29(16)15-7-18(30-12-1-2-13(30)10-33-9-12)26-21-19(15)14(8-24)28-31(21)17-3-4-25-27-17/h3-4,7,12-13,16,20H,1-2,5-6,9-11H2,(H,25,27)/t12?,13?,16-/m0/s1. The maximum atomic E-state index is 14.0. The van der Waals surface area contributed by atoms with Gasteiger partial charge in [0.25, 0.3) is 6.43 Å². The summed E-state index contributed by atoms with van der Waals surface area (Å²) in [5.41, 5.74) is 1.07. The number of aromatic nitrogens is 5. The first-order valence-corrected chi connectivity index (χ1v) is 11.0. The first-order chi connectivity index (χ1) is 16.2. The van der Waals surface area contributed by atoms with Crippen LogP contribution in [0.3, 0.4) is 0 Å². The second kappa shape index (κ2) is 7.93. The molecular formula is C21H22F2N8O2. The molecule has 0 aromatic carbocycles. The van der Waals surface area contributed by atoms with Crippen LogP contribution in [0.5, 0.6) is 0 Å². The zero-order chi connectivity index (χ0) is 22.5. The summed E-state index contributed by atoms with van der Waals surface area (Å²) >= 11 is 0. The molecule has 12 heteroatoms. The predicted octanol–water partition coefficient (Wildman–Crippen LogP) is 1.85. The number of hydrogen-bond acceptors (Lipinski definition) is 8. The fraction of sp³-hybridized carbons (Fsp3) is 0.524. The molecule has 3 aliphatic rings. The lowest BCUT2D eigenvalue weighted by Gasteiger charge is -2.39. The highest BCUT2D eigenvalue weighted by Gasteiger charge is 2.40. The number of alkyl halides is 2. The number of anilines is 2. The van der Waals surface area contributed by atoms with Crippen LogP contribution in [-0.2, 0) is 9.47 Å². The van der Waals surface area contributed by atoms with Crippen LogP contribution in [0.2, 0.25) is 0 Å². The van der Waals surface area contributed by atoms with Gasteiger partial charge in [0.1, 0.15) is 17.9 Å². The third-order valence-electron chi connectivity index (χ3n) is 6.69. The smallest absolute Gasteiger partial charge is 0.260 e. The van der Waals surface area contributed by atoms with E-state index in [1.807, 2.05) is 6.07 Å². The molecule has 3 atom stereocenters. The number of fused-ring (bicyclic) bond motifs is 3. The van der Waals surface area contributed by atoms with E-state index >= 15 is 0 Å². The number of nitrogens with one attached hydrogen (secondary N) is 1. The molecule has 0 spiro atoms. The molecule has 2 bridgehead atoms. The highest BCUT2D eigenvalue weighted by molar-refractivity contribution is 5.96. The average Bonchev–Trinajstić information content (AvgIpc) is 3.54.